The molecule has 6 nitrogen and oxygen atoms in total. The molecule has 0 fully saturated rings. The second-order valence-electron chi connectivity index (χ2n) is 7.34. The van der Waals surface area contributed by atoms with Gasteiger partial charge in [-0.3, -0.25) is 0 Å². The van der Waals surface area contributed by atoms with Gasteiger partial charge in [0, 0.05) is 10.6 Å². The van der Waals surface area contributed by atoms with Gasteiger partial charge in [0.05, 0.1) is 24.8 Å². The van der Waals surface area contributed by atoms with E-state index in [4.69, 9.17) is 21.7 Å². The van der Waals surface area contributed by atoms with Crippen LogP contribution >= 0.6 is 23.6 Å². The fourth-order valence-corrected chi connectivity index (χ4v) is 5.08. The fourth-order valence-electron chi connectivity index (χ4n) is 3.39. The van der Waals surface area contributed by atoms with Crippen molar-refractivity contribution in [1.29, 1.82) is 0 Å². The fraction of sp³-hybridized carbons (Fsp3) is 0.409. The number of carbonyl (C=O) groups excluding carboxylic acids is 2. The average molecular weight is 447 g/mol. The normalized spacial score (nSPS) is 15.1. The van der Waals surface area contributed by atoms with E-state index >= 15 is 0 Å². The Morgan fingerprint density at radius 1 is 1.20 bits per heavy atom. The summed E-state index contributed by atoms with van der Waals surface area (Å²) in [5.41, 5.74) is 2.88. The number of thiocarbonyl (C=S) groups is 1. The number of carbonyl (C=O) groups is 2. The van der Waals surface area contributed by atoms with E-state index in [1.54, 1.807) is 35.6 Å². The second kappa shape index (κ2) is 10.0. The van der Waals surface area contributed by atoms with Gasteiger partial charge in [0.15, 0.2) is 5.11 Å². The number of hydrogen-bond donors (Lipinski definition) is 2. The Morgan fingerprint density at radius 2 is 1.93 bits per heavy atom. The monoisotopic (exact) mass is 446 g/mol. The Balaban J connectivity index is 1.70. The third-order valence-electron chi connectivity index (χ3n) is 4.94. The summed E-state index contributed by atoms with van der Waals surface area (Å²) in [4.78, 5) is 25.5. The van der Waals surface area contributed by atoms with Crippen LogP contribution in [0.2, 0.25) is 0 Å². The molecule has 1 aliphatic carbocycles. The average Bonchev–Trinajstić information content (AvgIpc) is 3.08. The molecule has 0 saturated heterocycles. The minimum absolute atomic E-state index is 0.342. The standard InChI is InChI=1S/C22H26N2O4S2/c1-4-11-28-20(25)14-6-8-15(9-7-14)23-22(29)24-19-18(21(26)27-3)16-10-5-13(2)12-17(16)30-19/h6-9,13H,4-5,10-12H2,1-3H3,(H2,23,24,29). The molecule has 30 heavy (non-hydrogen) atoms. The van der Waals surface area contributed by atoms with E-state index < -0.39 is 0 Å². The van der Waals surface area contributed by atoms with Crippen LogP contribution < -0.4 is 10.6 Å². The van der Waals surface area contributed by atoms with Crippen LogP contribution in [0.15, 0.2) is 24.3 Å². The molecule has 0 saturated carbocycles. The zero-order chi connectivity index (χ0) is 21.7. The van der Waals surface area contributed by atoms with Crippen molar-refractivity contribution in [3.63, 3.8) is 0 Å². The highest BCUT2D eigenvalue weighted by Gasteiger charge is 2.28. The second-order valence-corrected chi connectivity index (χ2v) is 8.85. The molecule has 2 aromatic rings. The van der Waals surface area contributed by atoms with E-state index in [0.717, 1.165) is 36.9 Å². The van der Waals surface area contributed by atoms with Gasteiger partial charge >= 0.3 is 11.9 Å². The molecule has 3 rings (SSSR count). The minimum Gasteiger partial charge on any atom is -0.465 e. The number of thiophene rings is 1. The number of rotatable bonds is 6. The number of ether oxygens (including phenoxy) is 2. The zero-order valence-corrected chi connectivity index (χ0v) is 19.0. The largest absolute Gasteiger partial charge is 0.465 e. The van der Waals surface area contributed by atoms with Crippen molar-refractivity contribution in [2.45, 2.75) is 39.5 Å². The number of hydrogen-bond acceptors (Lipinski definition) is 6. The number of methoxy groups -OCH3 is 1. The van der Waals surface area contributed by atoms with Crippen LogP contribution in [-0.2, 0) is 22.3 Å². The summed E-state index contributed by atoms with van der Waals surface area (Å²) in [6.45, 7) is 4.57. The van der Waals surface area contributed by atoms with Crippen molar-refractivity contribution >= 4 is 51.3 Å². The molecule has 1 aliphatic rings. The predicted octanol–water partition coefficient (Wildman–Crippen LogP) is 5.04. The molecule has 0 amide bonds. The molecule has 8 heteroatoms. The highest BCUT2D eigenvalue weighted by Crippen LogP contribution is 2.40. The first-order valence-corrected chi connectivity index (χ1v) is 11.2. The molecular weight excluding hydrogens is 420 g/mol. The summed E-state index contributed by atoms with van der Waals surface area (Å²) >= 11 is 7.01. The molecule has 0 bridgehead atoms. The molecule has 2 N–H and O–H groups in total. The summed E-state index contributed by atoms with van der Waals surface area (Å²) in [7, 11) is 1.39. The summed E-state index contributed by atoms with van der Waals surface area (Å²) in [5, 5.41) is 7.33. The van der Waals surface area contributed by atoms with Crippen LogP contribution in [0.1, 0.15) is 57.8 Å². The lowest BCUT2D eigenvalue weighted by Gasteiger charge is -2.18. The minimum atomic E-state index is -0.345. The molecule has 0 radical (unpaired) electrons. The quantitative estimate of drug-likeness (QED) is 0.476. The number of fused-ring (bicyclic) bond motifs is 1. The van der Waals surface area contributed by atoms with Crippen LogP contribution in [0.5, 0.6) is 0 Å². The molecular formula is C22H26N2O4S2. The Kier molecular flexibility index (Phi) is 7.44. The van der Waals surface area contributed by atoms with Gasteiger partial charge in [-0.25, -0.2) is 9.59 Å². The Morgan fingerprint density at radius 3 is 2.60 bits per heavy atom. The van der Waals surface area contributed by atoms with E-state index in [2.05, 4.69) is 17.6 Å². The first kappa shape index (κ1) is 22.2. The SMILES string of the molecule is CCCOC(=O)c1ccc(NC(=S)Nc2sc3c(c2C(=O)OC)CCC(C)C3)cc1. The van der Waals surface area contributed by atoms with E-state index in [1.165, 1.54) is 12.0 Å². The van der Waals surface area contributed by atoms with Gasteiger partial charge in [0.1, 0.15) is 5.00 Å². The van der Waals surface area contributed by atoms with Gasteiger partial charge in [0.2, 0.25) is 0 Å². The molecule has 1 aromatic carbocycles. The molecule has 0 aliphatic heterocycles. The highest BCUT2D eigenvalue weighted by molar-refractivity contribution is 7.80. The molecule has 160 valence electrons. The number of nitrogens with one attached hydrogen (secondary N) is 2. The molecule has 1 unspecified atom stereocenters. The van der Waals surface area contributed by atoms with Gasteiger partial charge < -0.3 is 20.1 Å². The number of anilines is 2. The van der Waals surface area contributed by atoms with Crippen molar-refractivity contribution in [2.75, 3.05) is 24.4 Å². The van der Waals surface area contributed by atoms with Crippen LogP contribution in [0.4, 0.5) is 10.7 Å². The lowest BCUT2D eigenvalue weighted by Crippen LogP contribution is -2.20. The summed E-state index contributed by atoms with van der Waals surface area (Å²) in [6, 6.07) is 6.90. The van der Waals surface area contributed by atoms with Crippen LogP contribution in [0, 0.1) is 5.92 Å². The first-order chi connectivity index (χ1) is 14.4. The predicted molar refractivity (Wildman–Crippen MR) is 124 cm³/mol. The van der Waals surface area contributed by atoms with Gasteiger partial charge in [0.25, 0.3) is 0 Å². The lowest BCUT2D eigenvalue weighted by atomic mass is 9.88. The van der Waals surface area contributed by atoms with E-state index in [1.807, 2.05) is 6.92 Å². The molecule has 1 atom stereocenters. The van der Waals surface area contributed by atoms with Crippen LogP contribution in [0.25, 0.3) is 0 Å². The molecule has 1 heterocycles. The summed E-state index contributed by atoms with van der Waals surface area (Å²) in [5.74, 6) is -0.0883. The Bertz CT molecular complexity index is 937. The maximum absolute atomic E-state index is 12.4. The maximum Gasteiger partial charge on any atom is 0.341 e. The molecule has 1 aromatic heterocycles. The molecule has 0 spiro atoms. The van der Waals surface area contributed by atoms with Gasteiger partial charge in [-0.05, 0) is 73.6 Å². The van der Waals surface area contributed by atoms with Crippen LogP contribution in [0.3, 0.4) is 0 Å². The Hall–Kier alpha value is -2.45. The van der Waals surface area contributed by atoms with E-state index in [-0.39, 0.29) is 11.9 Å². The van der Waals surface area contributed by atoms with Crippen LogP contribution in [-0.4, -0.2) is 30.8 Å². The highest BCUT2D eigenvalue weighted by atomic mass is 32.1. The Labute approximate surface area is 186 Å². The van der Waals surface area contributed by atoms with Crippen molar-refractivity contribution in [1.82, 2.24) is 0 Å². The summed E-state index contributed by atoms with van der Waals surface area (Å²) < 4.78 is 10.1. The lowest BCUT2D eigenvalue weighted by molar-refractivity contribution is 0.0504. The van der Waals surface area contributed by atoms with Crippen molar-refractivity contribution < 1.29 is 19.1 Å². The number of benzene rings is 1. The van der Waals surface area contributed by atoms with E-state index in [0.29, 0.717) is 33.8 Å². The number of esters is 2. The van der Waals surface area contributed by atoms with Crippen molar-refractivity contribution in [2.24, 2.45) is 5.92 Å². The first-order valence-electron chi connectivity index (χ1n) is 10.0. The zero-order valence-electron chi connectivity index (χ0n) is 17.4. The van der Waals surface area contributed by atoms with Gasteiger partial charge in [-0.1, -0.05) is 13.8 Å². The van der Waals surface area contributed by atoms with Gasteiger partial charge in [-0.15, -0.1) is 11.3 Å². The maximum atomic E-state index is 12.4. The smallest absolute Gasteiger partial charge is 0.341 e. The topological polar surface area (TPSA) is 76.7 Å². The third kappa shape index (κ3) is 5.17. The van der Waals surface area contributed by atoms with Crippen molar-refractivity contribution in [3.05, 3.63) is 45.8 Å². The van der Waals surface area contributed by atoms with Crippen molar-refractivity contribution in [3.8, 4) is 0 Å². The van der Waals surface area contributed by atoms with Gasteiger partial charge in [-0.2, -0.15) is 0 Å². The summed E-state index contributed by atoms with van der Waals surface area (Å²) in [6.07, 6.45) is 3.67. The van der Waals surface area contributed by atoms with E-state index in [9.17, 15) is 9.59 Å². The third-order valence-corrected chi connectivity index (χ3v) is 6.32.